The van der Waals surface area contributed by atoms with Gasteiger partial charge in [-0.15, -0.1) is 11.3 Å². The highest BCUT2D eigenvalue weighted by Crippen LogP contribution is 2.37. The third-order valence-corrected chi connectivity index (χ3v) is 5.03. The number of rotatable bonds is 3. The summed E-state index contributed by atoms with van der Waals surface area (Å²) in [7, 11) is 0. The van der Waals surface area contributed by atoms with Gasteiger partial charge in [0.15, 0.2) is 0 Å². The summed E-state index contributed by atoms with van der Waals surface area (Å²) in [5, 5.41) is 2.01. The number of pyridine rings is 1. The first-order valence-electron chi connectivity index (χ1n) is 7.85. The van der Waals surface area contributed by atoms with Crippen molar-refractivity contribution in [3.05, 3.63) is 76.1 Å². The van der Waals surface area contributed by atoms with Gasteiger partial charge in [-0.25, -0.2) is 14.7 Å². The molecule has 0 N–H and O–H groups in total. The fourth-order valence-corrected chi connectivity index (χ4v) is 3.70. The van der Waals surface area contributed by atoms with Gasteiger partial charge in [0.2, 0.25) is 0 Å². The summed E-state index contributed by atoms with van der Waals surface area (Å²) in [6.45, 7) is 3.20. The molecule has 0 spiro atoms. The highest BCUT2D eigenvalue weighted by Gasteiger charge is 2.33. The van der Waals surface area contributed by atoms with Crippen LogP contribution in [0.1, 0.15) is 16.0 Å². The van der Waals surface area contributed by atoms with Crippen LogP contribution >= 0.6 is 11.3 Å². The van der Waals surface area contributed by atoms with Crippen molar-refractivity contribution >= 4 is 28.9 Å². The Balaban J connectivity index is 1.75. The monoisotopic (exact) mass is 335 g/mol. The highest BCUT2D eigenvalue weighted by molar-refractivity contribution is 7.10. The van der Waals surface area contributed by atoms with E-state index in [0.29, 0.717) is 13.1 Å². The average Bonchev–Trinajstić information content (AvgIpc) is 3.02. The standard InChI is InChI=1S/C19H17N3OS/c1-14-17(9-11-24-14)22-18-16(8-5-10-20-18)13-21(19(22)23)12-15-6-3-2-4-7-15/h2-11H,12-13H2,1H3. The lowest BCUT2D eigenvalue weighted by atomic mass is 10.1. The molecule has 4 nitrogen and oxygen atoms in total. The zero-order valence-corrected chi connectivity index (χ0v) is 14.2. The van der Waals surface area contributed by atoms with Crippen molar-refractivity contribution in [2.45, 2.75) is 20.0 Å². The van der Waals surface area contributed by atoms with Crippen molar-refractivity contribution < 1.29 is 4.79 Å². The lowest BCUT2D eigenvalue weighted by Crippen LogP contribution is -2.44. The molecular weight excluding hydrogens is 318 g/mol. The van der Waals surface area contributed by atoms with E-state index >= 15 is 0 Å². The van der Waals surface area contributed by atoms with Crippen molar-refractivity contribution in [2.24, 2.45) is 0 Å². The summed E-state index contributed by atoms with van der Waals surface area (Å²) in [6.07, 6.45) is 1.74. The molecule has 3 heterocycles. The van der Waals surface area contributed by atoms with Gasteiger partial charge < -0.3 is 4.90 Å². The lowest BCUT2D eigenvalue weighted by Gasteiger charge is -2.36. The second-order valence-corrected chi connectivity index (χ2v) is 6.93. The summed E-state index contributed by atoms with van der Waals surface area (Å²) in [5.74, 6) is 0.744. The maximum absolute atomic E-state index is 13.2. The van der Waals surface area contributed by atoms with E-state index in [2.05, 4.69) is 4.98 Å². The number of urea groups is 1. The molecule has 1 aromatic carbocycles. The van der Waals surface area contributed by atoms with Gasteiger partial charge in [0, 0.05) is 23.2 Å². The molecule has 0 radical (unpaired) electrons. The van der Waals surface area contributed by atoms with E-state index in [1.54, 1.807) is 22.4 Å². The normalized spacial score (nSPS) is 14.0. The minimum atomic E-state index is -0.0217. The zero-order chi connectivity index (χ0) is 16.5. The number of carbonyl (C=O) groups is 1. The van der Waals surface area contributed by atoms with Gasteiger partial charge in [-0.05, 0) is 30.0 Å². The summed E-state index contributed by atoms with van der Waals surface area (Å²) in [5.41, 5.74) is 3.11. The smallest absolute Gasteiger partial charge is 0.315 e. The largest absolute Gasteiger partial charge is 0.330 e. The van der Waals surface area contributed by atoms with E-state index in [9.17, 15) is 4.79 Å². The van der Waals surface area contributed by atoms with Gasteiger partial charge in [-0.3, -0.25) is 0 Å². The molecule has 5 heteroatoms. The minimum absolute atomic E-state index is 0.0217. The predicted molar refractivity (Wildman–Crippen MR) is 96.5 cm³/mol. The van der Waals surface area contributed by atoms with Crippen LogP contribution in [-0.4, -0.2) is 15.9 Å². The van der Waals surface area contributed by atoms with Crippen LogP contribution < -0.4 is 4.90 Å². The van der Waals surface area contributed by atoms with Gasteiger partial charge in [0.05, 0.1) is 12.2 Å². The maximum Gasteiger partial charge on any atom is 0.330 e. The second kappa shape index (κ2) is 6.09. The van der Waals surface area contributed by atoms with Gasteiger partial charge in [0.1, 0.15) is 5.82 Å². The molecule has 0 saturated heterocycles. The van der Waals surface area contributed by atoms with E-state index in [1.807, 2.05) is 65.7 Å². The van der Waals surface area contributed by atoms with E-state index in [0.717, 1.165) is 27.5 Å². The summed E-state index contributed by atoms with van der Waals surface area (Å²) in [6, 6.07) is 16.0. The molecule has 24 heavy (non-hydrogen) atoms. The van der Waals surface area contributed by atoms with Gasteiger partial charge in [0.25, 0.3) is 0 Å². The molecule has 0 fully saturated rings. The molecule has 1 aliphatic rings. The molecule has 4 rings (SSSR count). The fraction of sp³-hybridized carbons (Fsp3) is 0.158. The zero-order valence-electron chi connectivity index (χ0n) is 13.3. The van der Waals surface area contributed by atoms with Crippen LogP contribution in [0.4, 0.5) is 16.3 Å². The number of aromatic nitrogens is 1. The Bertz CT molecular complexity index is 875. The molecule has 120 valence electrons. The van der Waals surface area contributed by atoms with Gasteiger partial charge in [-0.2, -0.15) is 0 Å². The molecule has 0 aliphatic carbocycles. The highest BCUT2D eigenvalue weighted by atomic mass is 32.1. The van der Waals surface area contributed by atoms with E-state index in [-0.39, 0.29) is 6.03 Å². The number of aryl methyl sites for hydroxylation is 1. The molecule has 0 unspecified atom stereocenters. The minimum Gasteiger partial charge on any atom is -0.315 e. The Morgan fingerprint density at radius 3 is 2.71 bits per heavy atom. The topological polar surface area (TPSA) is 36.4 Å². The second-order valence-electron chi connectivity index (χ2n) is 5.81. The summed E-state index contributed by atoms with van der Waals surface area (Å²) in [4.78, 5) is 22.4. The average molecular weight is 335 g/mol. The molecule has 3 aromatic rings. The first kappa shape index (κ1) is 14.9. The van der Waals surface area contributed by atoms with E-state index in [4.69, 9.17) is 0 Å². The molecule has 0 atom stereocenters. The molecule has 2 amide bonds. The molecule has 0 saturated carbocycles. The summed E-state index contributed by atoms with van der Waals surface area (Å²) >= 11 is 1.64. The quantitative estimate of drug-likeness (QED) is 0.694. The Labute approximate surface area is 145 Å². The molecule has 2 aromatic heterocycles. The number of hydrogen-bond donors (Lipinski definition) is 0. The van der Waals surface area contributed by atoms with Crippen LogP contribution in [0.25, 0.3) is 0 Å². The van der Waals surface area contributed by atoms with Gasteiger partial charge >= 0.3 is 6.03 Å². The van der Waals surface area contributed by atoms with Crippen LogP contribution in [0.15, 0.2) is 60.1 Å². The van der Waals surface area contributed by atoms with Crippen molar-refractivity contribution in [1.29, 1.82) is 0 Å². The predicted octanol–water partition coefficient (Wildman–Crippen LogP) is 4.73. The van der Waals surface area contributed by atoms with E-state index < -0.39 is 0 Å². The lowest BCUT2D eigenvalue weighted by molar-refractivity contribution is 0.198. The third-order valence-electron chi connectivity index (χ3n) is 4.19. The number of fused-ring (bicyclic) bond motifs is 1. The molecule has 1 aliphatic heterocycles. The van der Waals surface area contributed by atoms with E-state index in [1.165, 1.54) is 0 Å². The Morgan fingerprint density at radius 1 is 1.12 bits per heavy atom. The Morgan fingerprint density at radius 2 is 1.96 bits per heavy atom. The van der Waals surface area contributed by atoms with Crippen LogP contribution in [-0.2, 0) is 13.1 Å². The molecule has 0 bridgehead atoms. The number of thiophene rings is 1. The number of nitrogens with zero attached hydrogens (tertiary/aromatic N) is 3. The van der Waals surface area contributed by atoms with Crippen molar-refractivity contribution in [3.63, 3.8) is 0 Å². The first-order chi connectivity index (χ1) is 11.7. The maximum atomic E-state index is 13.2. The third kappa shape index (κ3) is 2.57. The number of benzene rings is 1. The van der Waals surface area contributed by atoms with Crippen LogP contribution in [0.2, 0.25) is 0 Å². The SMILES string of the molecule is Cc1sccc1N1C(=O)N(Cc2ccccc2)Cc2cccnc21. The number of hydrogen-bond acceptors (Lipinski definition) is 3. The van der Waals surface area contributed by atoms with Crippen molar-refractivity contribution in [3.8, 4) is 0 Å². The van der Waals surface area contributed by atoms with Crippen LogP contribution in [0.5, 0.6) is 0 Å². The molecular formula is C19H17N3OS. The number of carbonyl (C=O) groups excluding carboxylic acids is 1. The van der Waals surface area contributed by atoms with Crippen LogP contribution in [0.3, 0.4) is 0 Å². The van der Waals surface area contributed by atoms with Crippen molar-refractivity contribution in [1.82, 2.24) is 9.88 Å². The Kier molecular flexibility index (Phi) is 3.78. The first-order valence-corrected chi connectivity index (χ1v) is 8.73. The van der Waals surface area contributed by atoms with Crippen molar-refractivity contribution in [2.75, 3.05) is 4.90 Å². The Hall–Kier alpha value is -2.66. The number of amides is 2. The fourth-order valence-electron chi connectivity index (χ4n) is 3.02. The van der Waals surface area contributed by atoms with Crippen LogP contribution in [0, 0.1) is 6.92 Å². The number of anilines is 2. The summed E-state index contributed by atoms with van der Waals surface area (Å²) < 4.78 is 0. The van der Waals surface area contributed by atoms with Gasteiger partial charge in [-0.1, -0.05) is 36.4 Å².